The first-order chi connectivity index (χ1) is 10.3. The van der Waals surface area contributed by atoms with Gasteiger partial charge in [-0.3, -0.25) is 4.72 Å². The van der Waals surface area contributed by atoms with Crippen molar-refractivity contribution < 1.29 is 22.3 Å². The molecule has 2 rings (SSSR count). The van der Waals surface area contributed by atoms with Crippen LogP contribution in [0.4, 0.5) is 10.1 Å². The van der Waals surface area contributed by atoms with E-state index in [1.54, 1.807) is 6.92 Å². The number of aryl methyl sites for hydroxylation is 1. The van der Waals surface area contributed by atoms with Gasteiger partial charge < -0.3 is 4.74 Å². The minimum atomic E-state index is -3.94. The Balaban J connectivity index is 2.39. The van der Waals surface area contributed by atoms with Crippen LogP contribution in [0.5, 0.6) is 0 Å². The highest BCUT2D eigenvalue weighted by molar-refractivity contribution is 7.92. The van der Waals surface area contributed by atoms with Crippen LogP contribution in [0.2, 0.25) is 0 Å². The zero-order chi connectivity index (χ0) is 16.3. The van der Waals surface area contributed by atoms with E-state index >= 15 is 0 Å². The second-order valence-corrected chi connectivity index (χ2v) is 6.27. The molecule has 22 heavy (non-hydrogen) atoms. The number of nitrogens with one attached hydrogen (secondary N) is 1. The molecule has 7 heteroatoms. The summed E-state index contributed by atoms with van der Waals surface area (Å²) in [5, 5.41) is 0. The summed E-state index contributed by atoms with van der Waals surface area (Å²) in [6.45, 7) is 1.67. The van der Waals surface area contributed by atoms with Gasteiger partial charge in [0, 0.05) is 0 Å². The molecule has 0 amide bonds. The third-order valence-electron chi connectivity index (χ3n) is 3.00. The SMILES string of the molecule is COC(=O)c1cc(S(=O)(=O)Nc2cccc(F)c2)ccc1C. The topological polar surface area (TPSA) is 72.5 Å². The van der Waals surface area contributed by atoms with E-state index in [0.29, 0.717) is 5.56 Å². The van der Waals surface area contributed by atoms with Crippen molar-refractivity contribution >= 4 is 21.7 Å². The number of ether oxygens (including phenoxy) is 1. The van der Waals surface area contributed by atoms with E-state index in [4.69, 9.17) is 0 Å². The molecule has 0 unspecified atom stereocenters. The lowest BCUT2D eigenvalue weighted by molar-refractivity contribution is 0.0599. The number of halogens is 1. The van der Waals surface area contributed by atoms with Crippen molar-refractivity contribution in [2.45, 2.75) is 11.8 Å². The van der Waals surface area contributed by atoms with Crippen molar-refractivity contribution in [3.8, 4) is 0 Å². The summed E-state index contributed by atoms with van der Waals surface area (Å²) >= 11 is 0. The normalized spacial score (nSPS) is 11.0. The first-order valence-corrected chi connectivity index (χ1v) is 7.79. The molecule has 0 bridgehead atoms. The monoisotopic (exact) mass is 323 g/mol. The summed E-state index contributed by atoms with van der Waals surface area (Å²) in [5.74, 6) is -1.18. The largest absolute Gasteiger partial charge is 0.465 e. The fraction of sp³-hybridized carbons (Fsp3) is 0.133. The summed E-state index contributed by atoms with van der Waals surface area (Å²) in [5.41, 5.74) is 0.848. The number of hydrogen-bond acceptors (Lipinski definition) is 4. The van der Waals surface area contributed by atoms with Crippen LogP contribution in [0, 0.1) is 12.7 Å². The van der Waals surface area contributed by atoms with Gasteiger partial charge >= 0.3 is 5.97 Å². The molecule has 0 aliphatic carbocycles. The van der Waals surface area contributed by atoms with Crippen LogP contribution in [0.15, 0.2) is 47.4 Å². The number of esters is 1. The zero-order valence-electron chi connectivity index (χ0n) is 12.0. The molecule has 1 N–H and O–H groups in total. The maximum absolute atomic E-state index is 13.1. The minimum Gasteiger partial charge on any atom is -0.465 e. The van der Waals surface area contributed by atoms with Crippen molar-refractivity contribution in [2.75, 3.05) is 11.8 Å². The maximum atomic E-state index is 13.1. The van der Waals surface area contributed by atoms with E-state index in [0.717, 1.165) is 6.07 Å². The number of rotatable bonds is 4. The molecule has 0 atom stereocenters. The van der Waals surface area contributed by atoms with Crippen LogP contribution < -0.4 is 4.72 Å². The highest BCUT2D eigenvalue weighted by Crippen LogP contribution is 2.20. The smallest absolute Gasteiger partial charge is 0.338 e. The Hall–Kier alpha value is -2.41. The average Bonchev–Trinajstić information content (AvgIpc) is 2.46. The molecule has 0 radical (unpaired) electrons. The van der Waals surface area contributed by atoms with Crippen LogP contribution >= 0.6 is 0 Å². The Morgan fingerprint density at radius 1 is 1.18 bits per heavy atom. The second kappa shape index (κ2) is 6.15. The summed E-state index contributed by atoms with van der Waals surface area (Å²) in [7, 11) is -2.72. The fourth-order valence-corrected chi connectivity index (χ4v) is 2.94. The molecule has 0 saturated carbocycles. The molecule has 0 aliphatic rings. The molecule has 2 aromatic carbocycles. The molecule has 0 fully saturated rings. The van der Waals surface area contributed by atoms with E-state index in [1.165, 1.54) is 43.5 Å². The fourth-order valence-electron chi connectivity index (χ4n) is 1.86. The highest BCUT2D eigenvalue weighted by atomic mass is 32.2. The van der Waals surface area contributed by atoms with Gasteiger partial charge in [0.2, 0.25) is 0 Å². The Labute approximate surface area is 127 Å². The molecule has 0 aromatic heterocycles. The van der Waals surface area contributed by atoms with Crippen molar-refractivity contribution in [1.82, 2.24) is 0 Å². The third kappa shape index (κ3) is 3.43. The molecule has 0 spiro atoms. The Kier molecular flexibility index (Phi) is 4.46. The lowest BCUT2D eigenvalue weighted by Gasteiger charge is -2.10. The van der Waals surface area contributed by atoms with E-state index < -0.39 is 21.8 Å². The van der Waals surface area contributed by atoms with Gasteiger partial charge in [-0.1, -0.05) is 12.1 Å². The standard InChI is InChI=1S/C15H14FNO4S/c1-10-6-7-13(9-14(10)15(18)21-2)22(19,20)17-12-5-3-4-11(16)8-12/h3-9,17H,1-2H3. The lowest BCUT2D eigenvalue weighted by Crippen LogP contribution is -2.14. The van der Waals surface area contributed by atoms with Gasteiger partial charge in [0.25, 0.3) is 10.0 Å². The van der Waals surface area contributed by atoms with Crippen LogP contribution in [0.3, 0.4) is 0 Å². The van der Waals surface area contributed by atoms with E-state index in [1.807, 2.05) is 0 Å². The van der Waals surface area contributed by atoms with Crippen molar-refractivity contribution in [3.05, 3.63) is 59.4 Å². The Morgan fingerprint density at radius 3 is 2.55 bits per heavy atom. The zero-order valence-corrected chi connectivity index (χ0v) is 12.8. The predicted octanol–water partition coefficient (Wildman–Crippen LogP) is 2.72. The van der Waals surface area contributed by atoms with Gasteiger partial charge in [-0.2, -0.15) is 0 Å². The van der Waals surface area contributed by atoms with Crippen LogP contribution in [0.1, 0.15) is 15.9 Å². The average molecular weight is 323 g/mol. The first-order valence-electron chi connectivity index (χ1n) is 6.31. The van der Waals surface area contributed by atoms with Crippen molar-refractivity contribution in [2.24, 2.45) is 0 Å². The van der Waals surface area contributed by atoms with Crippen LogP contribution in [-0.4, -0.2) is 21.5 Å². The van der Waals surface area contributed by atoms with Gasteiger partial charge in [0.15, 0.2) is 0 Å². The van der Waals surface area contributed by atoms with E-state index in [-0.39, 0.29) is 16.1 Å². The van der Waals surface area contributed by atoms with Gasteiger partial charge in [-0.05, 0) is 42.8 Å². The highest BCUT2D eigenvalue weighted by Gasteiger charge is 2.18. The number of sulfonamides is 1. The van der Waals surface area contributed by atoms with Gasteiger partial charge in [-0.25, -0.2) is 17.6 Å². The van der Waals surface area contributed by atoms with Crippen molar-refractivity contribution in [1.29, 1.82) is 0 Å². The Bertz CT molecular complexity index is 818. The molecular weight excluding hydrogens is 309 g/mol. The summed E-state index contributed by atoms with van der Waals surface area (Å²) in [4.78, 5) is 11.5. The quantitative estimate of drug-likeness (QED) is 0.878. The van der Waals surface area contributed by atoms with Gasteiger partial charge in [0.1, 0.15) is 5.82 Å². The number of carbonyl (C=O) groups is 1. The number of benzene rings is 2. The van der Waals surface area contributed by atoms with E-state index in [2.05, 4.69) is 9.46 Å². The predicted molar refractivity (Wildman–Crippen MR) is 79.7 cm³/mol. The third-order valence-corrected chi connectivity index (χ3v) is 4.38. The summed E-state index contributed by atoms with van der Waals surface area (Å²) < 4.78 is 44.6. The second-order valence-electron chi connectivity index (χ2n) is 4.58. The molecule has 0 aliphatic heterocycles. The molecular formula is C15H14FNO4S. The molecule has 2 aromatic rings. The molecule has 116 valence electrons. The van der Waals surface area contributed by atoms with Gasteiger partial charge in [-0.15, -0.1) is 0 Å². The molecule has 0 saturated heterocycles. The first kappa shape index (κ1) is 16.0. The van der Waals surface area contributed by atoms with Crippen LogP contribution in [-0.2, 0) is 14.8 Å². The maximum Gasteiger partial charge on any atom is 0.338 e. The van der Waals surface area contributed by atoms with Gasteiger partial charge in [0.05, 0.1) is 23.3 Å². The number of hydrogen-bond donors (Lipinski definition) is 1. The van der Waals surface area contributed by atoms with E-state index in [9.17, 15) is 17.6 Å². The number of carbonyl (C=O) groups excluding carboxylic acids is 1. The number of methoxy groups -OCH3 is 1. The van der Waals surface area contributed by atoms with Crippen LogP contribution in [0.25, 0.3) is 0 Å². The number of anilines is 1. The molecule has 0 heterocycles. The Morgan fingerprint density at radius 2 is 1.91 bits per heavy atom. The van der Waals surface area contributed by atoms with Crippen molar-refractivity contribution in [3.63, 3.8) is 0 Å². The minimum absolute atomic E-state index is 0.0974. The molecule has 5 nitrogen and oxygen atoms in total. The summed E-state index contributed by atoms with van der Waals surface area (Å²) in [6, 6.07) is 9.18. The lowest BCUT2D eigenvalue weighted by atomic mass is 10.1. The summed E-state index contributed by atoms with van der Waals surface area (Å²) in [6.07, 6.45) is 0.